The SMILES string of the molecule is O=Cc1ccc2cc(Br)c3ccccc3c2c1. The van der Waals surface area contributed by atoms with Crippen LogP contribution in [0, 0.1) is 0 Å². The van der Waals surface area contributed by atoms with Crippen molar-refractivity contribution in [2.24, 2.45) is 0 Å². The molecule has 3 aromatic rings. The molecule has 2 heteroatoms. The minimum Gasteiger partial charge on any atom is -0.298 e. The van der Waals surface area contributed by atoms with Crippen LogP contribution in [-0.4, -0.2) is 6.29 Å². The van der Waals surface area contributed by atoms with Crippen molar-refractivity contribution in [1.29, 1.82) is 0 Å². The third-order valence-electron chi connectivity index (χ3n) is 2.97. The Balaban J connectivity index is 2.55. The van der Waals surface area contributed by atoms with Crippen LogP contribution in [0.5, 0.6) is 0 Å². The molecule has 17 heavy (non-hydrogen) atoms. The summed E-state index contributed by atoms with van der Waals surface area (Å²) in [6.07, 6.45) is 0.885. The Morgan fingerprint density at radius 2 is 1.65 bits per heavy atom. The highest BCUT2D eigenvalue weighted by molar-refractivity contribution is 9.10. The molecule has 0 aliphatic rings. The van der Waals surface area contributed by atoms with Crippen LogP contribution in [0.3, 0.4) is 0 Å². The molecular weight excluding hydrogens is 276 g/mol. The van der Waals surface area contributed by atoms with Gasteiger partial charge >= 0.3 is 0 Å². The van der Waals surface area contributed by atoms with E-state index < -0.39 is 0 Å². The van der Waals surface area contributed by atoms with E-state index in [1.54, 1.807) is 0 Å². The maximum atomic E-state index is 10.8. The molecule has 0 fully saturated rings. The van der Waals surface area contributed by atoms with E-state index in [1.165, 1.54) is 10.8 Å². The molecule has 0 aromatic heterocycles. The number of hydrogen-bond donors (Lipinski definition) is 0. The molecule has 0 unspecified atom stereocenters. The van der Waals surface area contributed by atoms with E-state index in [0.717, 1.165) is 21.5 Å². The maximum absolute atomic E-state index is 10.8. The number of carbonyl (C=O) groups is 1. The topological polar surface area (TPSA) is 17.1 Å². The van der Waals surface area contributed by atoms with Crippen LogP contribution in [0.2, 0.25) is 0 Å². The predicted octanol–water partition coefficient (Wildman–Crippen LogP) is 4.57. The number of benzene rings is 3. The minimum atomic E-state index is 0.713. The Bertz CT molecular complexity index is 731. The van der Waals surface area contributed by atoms with Gasteiger partial charge in [0.2, 0.25) is 0 Å². The maximum Gasteiger partial charge on any atom is 0.150 e. The Morgan fingerprint density at radius 1 is 0.882 bits per heavy atom. The van der Waals surface area contributed by atoms with Crippen molar-refractivity contribution in [1.82, 2.24) is 0 Å². The van der Waals surface area contributed by atoms with E-state index >= 15 is 0 Å². The molecule has 0 heterocycles. The molecule has 0 saturated heterocycles. The van der Waals surface area contributed by atoms with E-state index in [4.69, 9.17) is 0 Å². The Kier molecular flexibility index (Phi) is 2.45. The summed E-state index contributed by atoms with van der Waals surface area (Å²) in [6.45, 7) is 0. The smallest absolute Gasteiger partial charge is 0.150 e. The predicted molar refractivity (Wildman–Crippen MR) is 74.5 cm³/mol. The summed E-state index contributed by atoms with van der Waals surface area (Å²) in [6, 6.07) is 16.0. The second kappa shape index (κ2) is 3.97. The zero-order valence-corrected chi connectivity index (χ0v) is 10.6. The summed E-state index contributed by atoms with van der Waals surface area (Å²) < 4.78 is 1.08. The van der Waals surface area contributed by atoms with Crippen molar-refractivity contribution in [2.45, 2.75) is 0 Å². The highest BCUT2D eigenvalue weighted by Gasteiger charge is 2.04. The first-order valence-electron chi connectivity index (χ1n) is 5.36. The second-order valence-corrected chi connectivity index (χ2v) is 4.86. The number of aldehydes is 1. The average molecular weight is 285 g/mol. The fraction of sp³-hybridized carbons (Fsp3) is 0. The summed E-state index contributed by atoms with van der Waals surface area (Å²) >= 11 is 3.58. The fourth-order valence-electron chi connectivity index (χ4n) is 2.15. The van der Waals surface area contributed by atoms with Gasteiger partial charge in [-0.05, 0) is 33.7 Å². The van der Waals surface area contributed by atoms with Gasteiger partial charge in [-0.3, -0.25) is 4.79 Å². The molecule has 0 spiro atoms. The van der Waals surface area contributed by atoms with Crippen molar-refractivity contribution >= 4 is 43.8 Å². The van der Waals surface area contributed by atoms with Crippen LogP contribution < -0.4 is 0 Å². The van der Waals surface area contributed by atoms with Crippen LogP contribution in [0.15, 0.2) is 53.0 Å². The fourth-order valence-corrected chi connectivity index (χ4v) is 2.74. The van der Waals surface area contributed by atoms with Crippen molar-refractivity contribution < 1.29 is 4.79 Å². The molecule has 1 nitrogen and oxygen atoms in total. The molecule has 0 radical (unpaired) electrons. The van der Waals surface area contributed by atoms with Crippen LogP contribution in [0.25, 0.3) is 21.5 Å². The lowest BCUT2D eigenvalue weighted by molar-refractivity contribution is 0.112. The van der Waals surface area contributed by atoms with Gasteiger partial charge in [0.1, 0.15) is 6.29 Å². The molecule has 0 aliphatic heterocycles. The lowest BCUT2D eigenvalue weighted by Gasteiger charge is -2.06. The average Bonchev–Trinajstić information content (AvgIpc) is 2.39. The van der Waals surface area contributed by atoms with E-state index in [1.807, 2.05) is 30.3 Å². The first kappa shape index (κ1) is 10.5. The highest BCUT2D eigenvalue weighted by Crippen LogP contribution is 2.32. The highest BCUT2D eigenvalue weighted by atomic mass is 79.9. The number of rotatable bonds is 1. The van der Waals surface area contributed by atoms with E-state index in [9.17, 15) is 4.79 Å². The van der Waals surface area contributed by atoms with Crippen molar-refractivity contribution in [3.8, 4) is 0 Å². The molecule has 0 aliphatic carbocycles. The number of hydrogen-bond acceptors (Lipinski definition) is 1. The zero-order valence-electron chi connectivity index (χ0n) is 8.98. The standard InChI is InChI=1S/C15H9BrO/c16-15-8-11-6-5-10(9-17)7-14(11)12-3-1-2-4-13(12)15/h1-9H. The van der Waals surface area contributed by atoms with Gasteiger partial charge in [-0.1, -0.05) is 52.3 Å². The third kappa shape index (κ3) is 1.65. The van der Waals surface area contributed by atoms with Crippen LogP contribution in [-0.2, 0) is 0 Å². The lowest BCUT2D eigenvalue weighted by atomic mass is 10.0. The van der Waals surface area contributed by atoms with Crippen LogP contribution >= 0.6 is 15.9 Å². The van der Waals surface area contributed by atoms with Gasteiger partial charge in [0.15, 0.2) is 0 Å². The zero-order chi connectivity index (χ0) is 11.8. The van der Waals surface area contributed by atoms with Gasteiger partial charge in [-0.25, -0.2) is 0 Å². The summed E-state index contributed by atoms with van der Waals surface area (Å²) in [7, 11) is 0. The molecule has 0 saturated carbocycles. The number of carbonyl (C=O) groups excluding carboxylic acids is 1. The summed E-state index contributed by atoms with van der Waals surface area (Å²) in [5.41, 5.74) is 0.713. The second-order valence-electron chi connectivity index (χ2n) is 4.00. The quantitative estimate of drug-likeness (QED) is 0.473. The molecule has 0 bridgehead atoms. The normalized spacial score (nSPS) is 10.9. The first-order valence-corrected chi connectivity index (χ1v) is 6.15. The van der Waals surface area contributed by atoms with Crippen molar-refractivity contribution in [2.75, 3.05) is 0 Å². The largest absolute Gasteiger partial charge is 0.298 e. The van der Waals surface area contributed by atoms with E-state index in [-0.39, 0.29) is 0 Å². The number of halogens is 1. The molecular formula is C15H9BrO. The molecule has 0 amide bonds. The Labute approximate surface area is 107 Å². The van der Waals surface area contributed by atoms with Crippen LogP contribution in [0.4, 0.5) is 0 Å². The molecule has 0 atom stereocenters. The lowest BCUT2D eigenvalue weighted by Crippen LogP contribution is -1.83. The first-order chi connectivity index (χ1) is 8.29. The van der Waals surface area contributed by atoms with Gasteiger partial charge in [0.25, 0.3) is 0 Å². The molecule has 82 valence electrons. The van der Waals surface area contributed by atoms with Gasteiger partial charge in [-0.15, -0.1) is 0 Å². The van der Waals surface area contributed by atoms with Gasteiger partial charge in [0, 0.05) is 10.0 Å². The monoisotopic (exact) mass is 284 g/mol. The molecule has 3 aromatic carbocycles. The summed E-state index contributed by atoms with van der Waals surface area (Å²) in [5.74, 6) is 0. The third-order valence-corrected chi connectivity index (χ3v) is 3.63. The van der Waals surface area contributed by atoms with Gasteiger partial charge < -0.3 is 0 Å². The van der Waals surface area contributed by atoms with E-state index in [2.05, 4.69) is 34.1 Å². The van der Waals surface area contributed by atoms with Crippen molar-refractivity contribution in [3.05, 3.63) is 58.6 Å². The summed E-state index contributed by atoms with van der Waals surface area (Å²) in [4.78, 5) is 10.8. The van der Waals surface area contributed by atoms with Gasteiger partial charge in [0.05, 0.1) is 0 Å². The van der Waals surface area contributed by atoms with Crippen molar-refractivity contribution in [3.63, 3.8) is 0 Å². The van der Waals surface area contributed by atoms with Crippen LogP contribution in [0.1, 0.15) is 10.4 Å². The molecule has 0 N–H and O–H groups in total. The Hall–Kier alpha value is -1.67. The number of fused-ring (bicyclic) bond motifs is 3. The van der Waals surface area contributed by atoms with Gasteiger partial charge in [-0.2, -0.15) is 0 Å². The molecule has 3 rings (SSSR count). The Morgan fingerprint density at radius 3 is 2.41 bits per heavy atom. The minimum absolute atomic E-state index is 0.713. The summed E-state index contributed by atoms with van der Waals surface area (Å²) in [5, 5.41) is 4.60. The van der Waals surface area contributed by atoms with E-state index in [0.29, 0.717) is 5.56 Å².